The van der Waals surface area contributed by atoms with Crippen LogP contribution in [0.1, 0.15) is 42.4 Å². The van der Waals surface area contributed by atoms with Gasteiger partial charge in [0.25, 0.3) is 5.91 Å². The zero-order chi connectivity index (χ0) is 15.0. The van der Waals surface area contributed by atoms with Crippen molar-refractivity contribution in [3.05, 3.63) is 28.8 Å². The quantitative estimate of drug-likeness (QED) is 0.876. The maximum absolute atomic E-state index is 12.3. The molecule has 0 bridgehead atoms. The molecule has 2 aliphatic rings. The molecule has 1 aliphatic carbocycles. The van der Waals surface area contributed by atoms with E-state index in [1.165, 1.54) is 11.1 Å². The molecule has 1 aromatic carbocycles. The van der Waals surface area contributed by atoms with Crippen LogP contribution in [-0.2, 0) is 11.2 Å². The monoisotopic (exact) mass is 289 g/mol. The number of nitrogens with one attached hydrogen (secondary N) is 1. The highest BCUT2D eigenvalue weighted by Gasteiger charge is 2.31. The molecule has 0 saturated heterocycles. The summed E-state index contributed by atoms with van der Waals surface area (Å²) in [6.07, 6.45) is 3.29. The van der Waals surface area contributed by atoms with Crippen LogP contribution in [0.4, 0.5) is 0 Å². The number of carbonyl (C=O) groups is 1. The second-order valence-electron chi connectivity index (χ2n) is 6.37. The Hall–Kier alpha value is -1.55. The topological polar surface area (TPSA) is 58.6 Å². The van der Waals surface area contributed by atoms with E-state index >= 15 is 0 Å². The Balaban J connectivity index is 1.60. The fourth-order valence-corrected chi connectivity index (χ4v) is 3.17. The van der Waals surface area contributed by atoms with Crippen LogP contribution < -0.4 is 10.1 Å². The molecule has 1 saturated carbocycles. The van der Waals surface area contributed by atoms with Crippen molar-refractivity contribution in [1.29, 1.82) is 0 Å². The first-order valence-corrected chi connectivity index (χ1v) is 7.78. The molecule has 3 rings (SSSR count). The smallest absolute Gasteiger partial charge is 0.261 e. The summed E-state index contributed by atoms with van der Waals surface area (Å²) in [7, 11) is 0. The first-order valence-electron chi connectivity index (χ1n) is 7.78. The Morgan fingerprint density at radius 3 is 2.57 bits per heavy atom. The Labute approximate surface area is 125 Å². The number of fused-ring (bicyclic) bond motifs is 1. The third-order valence-corrected chi connectivity index (χ3v) is 4.69. The number of carbonyl (C=O) groups excluding carboxylic acids is 1. The summed E-state index contributed by atoms with van der Waals surface area (Å²) in [6, 6.07) is 4.32. The molecule has 114 valence electrons. The summed E-state index contributed by atoms with van der Waals surface area (Å²) in [4.78, 5) is 12.3. The summed E-state index contributed by atoms with van der Waals surface area (Å²) in [5.74, 6) is 0.820. The molecule has 1 aliphatic heterocycles. The van der Waals surface area contributed by atoms with Crippen molar-refractivity contribution < 1.29 is 14.6 Å². The van der Waals surface area contributed by atoms with E-state index in [0.29, 0.717) is 6.42 Å². The molecule has 0 spiro atoms. The van der Waals surface area contributed by atoms with Gasteiger partial charge >= 0.3 is 0 Å². The molecule has 0 radical (unpaired) electrons. The fourth-order valence-electron chi connectivity index (χ4n) is 3.17. The van der Waals surface area contributed by atoms with E-state index in [1.54, 1.807) is 0 Å². The van der Waals surface area contributed by atoms with Crippen molar-refractivity contribution in [2.75, 3.05) is 0 Å². The Morgan fingerprint density at radius 2 is 1.86 bits per heavy atom. The lowest BCUT2D eigenvalue weighted by Gasteiger charge is -2.27. The van der Waals surface area contributed by atoms with Gasteiger partial charge in [-0.15, -0.1) is 0 Å². The molecule has 1 atom stereocenters. The van der Waals surface area contributed by atoms with E-state index in [4.69, 9.17) is 4.74 Å². The molecule has 1 aromatic rings. The zero-order valence-electron chi connectivity index (χ0n) is 12.7. The molecular weight excluding hydrogens is 266 g/mol. The first-order chi connectivity index (χ1) is 10.0. The predicted molar refractivity (Wildman–Crippen MR) is 80.4 cm³/mol. The number of amides is 1. The van der Waals surface area contributed by atoms with Crippen LogP contribution in [0.2, 0.25) is 0 Å². The summed E-state index contributed by atoms with van der Waals surface area (Å²) < 4.78 is 5.81. The van der Waals surface area contributed by atoms with Gasteiger partial charge in [0.1, 0.15) is 5.75 Å². The minimum absolute atomic E-state index is 0.0251. The number of benzene rings is 1. The van der Waals surface area contributed by atoms with Gasteiger partial charge in [0.15, 0.2) is 6.10 Å². The standard InChI is InChI=1S/C17H23NO3/c1-10-7-12-9-16(21-15(12)8-11(10)2)17(20)18-13-3-5-14(19)6-4-13/h7-8,13-14,16,19H,3-6,9H2,1-2H3,(H,18,20). The van der Waals surface area contributed by atoms with Gasteiger partial charge in [-0.1, -0.05) is 6.07 Å². The van der Waals surface area contributed by atoms with E-state index in [-0.39, 0.29) is 18.1 Å². The van der Waals surface area contributed by atoms with Crippen molar-refractivity contribution in [1.82, 2.24) is 5.32 Å². The van der Waals surface area contributed by atoms with Crippen LogP contribution in [0.15, 0.2) is 12.1 Å². The Bertz CT molecular complexity index is 516. The van der Waals surface area contributed by atoms with Gasteiger partial charge in [-0.2, -0.15) is 0 Å². The lowest BCUT2D eigenvalue weighted by molar-refractivity contribution is -0.128. The lowest BCUT2D eigenvalue weighted by Crippen LogP contribution is -2.45. The van der Waals surface area contributed by atoms with Crippen LogP contribution in [0.25, 0.3) is 0 Å². The molecule has 4 nitrogen and oxygen atoms in total. The molecule has 2 N–H and O–H groups in total. The number of aliphatic hydroxyl groups is 1. The average Bonchev–Trinajstić information content (AvgIpc) is 2.85. The minimum Gasteiger partial charge on any atom is -0.480 e. The molecule has 21 heavy (non-hydrogen) atoms. The molecule has 4 heteroatoms. The number of hydrogen-bond acceptors (Lipinski definition) is 3. The molecular formula is C17H23NO3. The number of rotatable bonds is 2. The lowest BCUT2D eigenvalue weighted by atomic mass is 9.93. The Morgan fingerprint density at radius 1 is 1.19 bits per heavy atom. The van der Waals surface area contributed by atoms with Crippen molar-refractivity contribution in [2.24, 2.45) is 0 Å². The highest BCUT2D eigenvalue weighted by Crippen LogP contribution is 2.31. The molecule has 0 aromatic heterocycles. The second-order valence-corrected chi connectivity index (χ2v) is 6.37. The third kappa shape index (κ3) is 3.05. The predicted octanol–water partition coefficient (Wildman–Crippen LogP) is 2.03. The maximum Gasteiger partial charge on any atom is 0.261 e. The van der Waals surface area contributed by atoms with E-state index in [2.05, 4.69) is 25.2 Å². The molecule has 1 heterocycles. The SMILES string of the molecule is Cc1cc2c(cc1C)OC(C(=O)NC1CCC(O)CC1)C2. The van der Waals surface area contributed by atoms with Gasteiger partial charge < -0.3 is 15.2 Å². The largest absolute Gasteiger partial charge is 0.480 e. The summed E-state index contributed by atoms with van der Waals surface area (Å²) >= 11 is 0. The van der Waals surface area contributed by atoms with Gasteiger partial charge in [-0.3, -0.25) is 4.79 Å². The van der Waals surface area contributed by atoms with Crippen LogP contribution >= 0.6 is 0 Å². The maximum atomic E-state index is 12.3. The summed E-state index contributed by atoms with van der Waals surface area (Å²) in [5.41, 5.74) is 3.55. The first kappa shape index (κ1) is 14.4. The van der Waals surface area contributed by atoms with Crippen molar-refractivity contribution in [3.63, 3.8) is 0 Å². The van der Waals surface area contributed by atoms with Crippen molar-refractivity contribution >= 4 is 5.91 Å². The number of aryl methyl sites for hydroxylation is 2. The second kappa shape index (κ2) is 5.68. The van der Waals surface area contributed by atoms with Gasteiger partial charge in [-0.25, -0.2) is 0 Å². The van der Waals surface area contributed by atoms with E-state index in [0.717, 1.165) is 37.0 Å². The normalized spacial score (nSPS) is 27.9. The number of ether oxygens (including phenoxy) is 1. The van der Waals surface area contributed by atoms with Crippen LogP contribution in [0, 0.1) is 13.8 Å². The number of aliphatic hydroxyl groups excluding tert-OH is 1. The third-order valence-electron chi connectivity index (χ3n) is 4.69. The van der Waals surface area contributed by atoms with E-state index in [9.17, 15) is 9.90 Å². The van der Waals surface area contributed by atoms with Gasteiger partial charge in [0.2, 0.25) is 0 Å². The molecule has 1 fully saturated rings. The minimum atomic E-state index is -0.409. The fraction of sp³-hybridized carbons (Fsp3) is 0.588. The summed E-state index contributed by atoms with van der Waals surface area (Å²) in [6.45, 7) is 4.13. The molecule has 1 unspecified atom stereocenters. The highest BCUT2D eigenvalue weighted by molar-refractivity contribution is 5.82. The zero-order valence-corrected chi connectivity index (χ0v) is 12.7. The van der Waals surface area contributed by atoms with Crippen LogP contribution in [0.3, 0.4) is 0 Å². The van der Waals surface area contributed by atoms with Gasteiger partial charge in [-0.05, 0) is 62.3 Å². The van der Waals surface area contributed by atoms with Crippen LogP contribution in [0.5, 0.6) is 5.75 Å². The van der Waals surface area contributed by atoms with Crippen molar-refractivity contribution in [3.8, 4) is 5.75 Å². The van der Waals surface area contributed by atoms with E-state index < -0.39 is 6.10 Å². The van der Waals surface area contributed by atoms with Crippen molar-refractivity contribution in [2.45, 2.75) is 64.2 Å². The Kier molecular flexibility index (Phi) is 3.89. The highest BCUT2D eigenvalue weighted by atomic mass is 16.5. The molecule has 1 amide bonds. The average molecular weight is 289 g/mol. The van der Waals surface area contributed by atoms with E-state index in [1.807, 2.05) is 6.07 Å². The van der Waals surface area contributed by atoms with Crippen LogP contribution in [-0.4, -0.2) is 29.3 Å². The summed E-state index contributed by atoms with van der Waals surface area (Å²) in [5, 5.41) is 12.6. The van der Waals surface area contributed by atoms with Gasteiger partial charge in [0.05, 0.1) is 6.10 Å². The van der Waals surface area contributed by atoms with Gasteiger partial charge in [0, 0.05) is 12.5 Å². The number of hydrogen-bond donors (Lipinski definition) is 2.